The Morgan fingerprint density at radius 3 is 2.34 bits per heavy atom. The molecule has 29 heavy (non-hydrogen) atoms. The van der Waals surface area contributed by atoms with Crippen LogP contribution in [0.2, 0.25) is 0 Å². The lowest BCUT2D eigenvalue weighted by atomic mass is 10.1. The van der Waals surface area contributed by atoms with Crippen molar-refractivity contribution in [2.75, 3.05) is 6.54 Å². The number of amides is 3. The number of aliphatic carboxylic acids is 1. The number of unbranched alkanes of at least 4 members (excludes halogenated alkanes) is 1. The molecule has 1 aromatic heterocycles. The molecule has 0 bridgehead atoms. The Bertz CT molecular complexity index is 680. The zero-order chi connectivity index (χ0) is 21.8. The SMILES string of the molecule is NCCCCC(NC(=O)C(Cc1cnc[nH]1)NC(=O)C(N)CCC(N)=O)C(=O)O. The number of imidazole rings is 1. The number of carbonyl (C=O) groups excluding carboxylic acids is 3. The van der Waals surface area contributed by atoms with Crippen LogP contribution in [0.1, 0.15) is 37.8 Å². The number of H-pyrrole nitrogens is 1. The summed E-state index contributed by atoms with van der Waals surface area (Å²) in [5.41, 5.74) is 16.8. The normalized spacial score (nSPS) is 13.9. The number of rotatable bonds is 14. The van der Waals surface area contributed by atoms with Crippen molar-refractivity contribution in [3.05, 3.63) is 18.2 Å². The van der Waals surface area contributed by atoms with Gasteiger partial charge in [0.05, 0.1) is 12.4 Å². The van der Waals surface area contributed by atoms with Crippen LogP contribution in [0.25, 0.3) is 0 Å². The van der Waals surface area contributed by atoms with Crippen molar-refractivity contribution in [1.82, 2.24) is 20.6 Å². The van der Waals surface area contributed by atoms with Gasteiger partial charge in [-0.1, -0.05) is 0 Å². The third kappa shape index (κ3) is 9.17. The monoisotopic (exact) mass is 411 g/mol. The minimum Gasteiger partial charge on any atom is -0.480 e. The van der Waals surface area contributed by atoms with Crippen LogP contribution in [0.3, 0.4) is 0 Å². The van der Waals surface area contributed by atoms with Gasteiger partial charge in [0.15, 0.2) is 0 Å². The summed E-state index contributed by atoms with van der Waals surface area (Å²) < 4.78 is 0. The molecule has 0 fully saturated rings. The van der Waals surface area contributed by atoms with Gasteiger partial charge in [-0.2, -0.15) is 0 Å². The van der Waals surface area contributed by atoms with Gasteiger partial charge in [-0.3, -0.25) is 14.4 Å². The maximum atomic E-state index is 12.7. The zero-order valence-electron chi connectivity index (χ0n) is 16.1. The maximum absolute atomic E-state index is 12.7. The molecule has 0 saturated carbocycles. The second-order valence-electron chi connectivity index (χ2n) is 6.64. The second kappa shape index (κ2) is 12.5. The van der Waals surface area contributed by atoms with E-state index >= 15 is 0 Å². The summed E-state index contributed by atoms with van der Waals surface area (Å²) in [5.74, 6) is -3.10. The first-order chi connectivity index (χ1) is 13.7. The Morgan fingerprint density at radius 1 is 1.10 bits per heavy atom. The van der Waals surface area contributed by atoms with Gasteiger partial charge in [0.25, 0.3) is 0 Å². The van der Waals surface area contributed by atoms with Crippen molar-refractivity contribution in [2.24, 2.45) is 17.2 Å². The molecule has 1 heterocycles. The molecule has 0 radical (unpaired) electrons. The van der Waals surface area contributed by atoms with Crippen LogP contribution in [0.5, 0.6) is 0 Å². The highest BCUT2D eigenvalue weighted by Crippen LogP contribution is 2.05. The van der Waals surface area contributed by atoms with E-state index in [9.17, 15) is 24.3 Å². The molecular formula is C17H29N7O5. The number of hydrogen-bond donors (Lipinski definition) is 7. The Balaban J connectivity index is 2.81. The summed E-state index contributed by atoms with van der Waals surface area (Å²) in [6.45, 7) is 0.419. The average molecular weight is 411 g/mol. The van der Waals surface area contributed by atoms with Crippen molar-refractivity contribution in [3.63, 3.8) is 0 Å². The van der Waals surface area contributed by atoms with Crippen LogP contribution in [-0.4, -0.2) is 63.4 Å². The molecule has 3 unspecified atom stereocenters. The van der Waals surface area contributed by atoms with Gasteiger partial charge in [-0.15, -0.1) is 0 Å². The summed E-state index contributed by atoms with van der Waals surface area (Å²) in [4.78, 5) is 53.9. The Morgan fingerprint density at radius 2 is 1.79 bits per heavy atom. The van der Waals surface area contributed by atoms with Gasteiger partial charge in [-0.05, 0) is 32.2 Å². The molecule has 0 saturated heterocycles. The van der Waals surface area contributed by atoms with E-state index in [1.54, 1.807) is 0 Å². The summed E-state index contributed by atoms with van der Waals surface area (Å²) in [5, 5.41) is 14.3. The van der Waals surface area contributed by atoms with Crippen molar-refractivity contribution < 1.29 is 24.3 Å². The molecule has 0 aromatic carbocycles. The largest absolute Gasteiger partial charge is 0.480 e. The van der Waals surface area contributed by atoms with Gasteiger partial charge in [0.1, 0.15) is 12.1 Å². The molecule has 1 aromatic rings. The topological polar surface area (TPSA) is 219 Å². The smallest absolute Gasteiger partial charge is 0.326 e. The number of nitrogens with two attached hydrogens (primary N) is 3. The Kier molecular flexibility index (Phi) is 10.3. The third-order valence-corrected chi connectivity index (χ3v) is 4.21. The number of carbonyl (C=O) groups is 4. The first-order valence-corrected chi connectivity index (χ1v) is 9.29. The molecule has 10 N–H and O–H groups in total. The van der Waals surface area contributed by atoms with Gasteiger partial charge < -0.3 is 37.9 Å². The molecule has 0 aliphatic rings. The molecule has 1 rings (SSSR count). The summed E-state index contributed by atoms with van der Waals surface area (Å²) in [6.07, 6.45) is 4.26. The van der Waals surface area contributed by atoms with Crippen LogP contribution in [0.4, 0.5) is 0 Å². The van der Waals surface area contributed by atoms with Crippen molar-refractivity contribution in [3.8, 4) is 0 Å². The number of primary amides is 1. The standard InChI is InChI=1S/C17H29N7O5/c18-6-2-1-3-12(17(28)29)23-16(27)13(7-10-8-21-9-22-10)24-15(26)11(19)4-5-14(20)25/h8-9,11-13H,1-7,18-19H2,(H2,20,25)(H,21,22)(H,23,27)(H,24,26)(H,28,29). The Hall–Kier alpha value is -2.99. The van der Waals surface area contributed by atoms with Crippen LogP contribution in [-0.2, 0) is 25.6 Å². The van der Waals surface area contributed by atoms with Gasteiger partial charge >= 0.3 is 5.97 Å². The van der Waals surface area contributed by atoms with E-state index in [4.69, 9.17) is 17.2 Å². The number of hydrogen-bond acceptors (Lipinski definition) is 7. The molecule has 162 valence electrons. The first-order valence-electron chi connectivity index (χ1n) is 9.29. The maximum Gasteiger partial charge on any atom is 0.326 e. The van der Waals surface area contributed by atoms with Crippen LogP contribution < -0.4 is 27.8 Å². The number of carboxylic acid groups (broad SMARTS) is 1. The third-order valence-electron chi connectivity index (χ3n) is 4.21. The molecule has 12 heteroatoms. The highest BCUT2D eigenvalue weighted by atomic mass is 16.4. The summed E-state index contributed by atoms with van der Waals surface area (Å²) in [6, 6.07) is -3.24. The number of carboxylic acids is 1. The predicted molar refractivity (Wildman–Crippen MR) is 103 cm³/mol. The van der Waals surface area contributed by atoms with E-state index in [0.717, 1.165) is 0 Å². The highest BCUT2D eigenvalue weighted by molar-refractivity contribution is 5.92. The molecular weight excluding hydrogens is 382 g/mol. The fourth-order valence-electron chi connectivity index (χ4n) is 2.56. The van der Waals surface area contributed by atoms with E-state index in [1.165, 1.54) is 12.5 Å². The quantitative estimate of drug-likeness (QED) is 0.165. The van der Waals surface area contributed by atoms with Crippen LogP contribution in [0, 0.1) is 0 Å². The molecule has 0 spiro atoms. The average Bonchev–Trinajstić information content (AvgIpc) is 3.17. The number of aromatic nitrogens is 2. The molecule has 3 amide bonds. The van der Waals surface area contributed by atoms with Crippen molar-refractivity contribution in [2.45, 2.75) is 56.7 Å². The lowest BCUT2D eigenvalue weighted by Gasteiger charge is -2.22. The van der Waals surface area contributed by atoms with E-state index in [-0.39, 0.29) is 25.7 Å². The molecule has 0 aliphatic carbocycles. The van der Waals surface area contributed by atoms with E-state index in [2.05, 4.69) is 20.6 Å². The highest BCUT2D eigenvalue weighted by Gasteiger charge is 2.28. The van der Waals surface area contributed by atoms with E-state index < -0.39 is 41.8 Å². The number of aromatic amines is 1. The Labute approximate surface area is 168 Å². The van der Waals surface area contributed by atoms with Crippen LogP contribution >= 0.6 is 0 Å². The van der Waals surface area contributed by atoms with Crippen molar-refractivity contribution >= 4 is 23.7 Å². The minimum atomic E-state index is -1.18. The lowest BCUT2D eigenvalue weighted by Crippen LogP contribution is -2.55. The fraction of sp³-hybridized carbons (Fsp3) is 0.588. The van der Waals surface area contributed by atoms with Gasteiger partial charge in [-0.25, -0.2) is 9.78 Å². The first kappa shape index (κ1) is 24.0. The second-order valence-corrected chi connectivity index (χ2v) is 6.64. The van der Waals surface area contributed by atoms with E-state index in [0.29, 0.717) is 25.1 Å². The zero-order valence-corrected chi connectivity index (χ0v) is 16.1. The predicted octanol–water partition coefficient (Wildman–Crippen LogP) is -2.27. The summed E-state index contributed by atoms with van der Waals surface area (Å²) in [7, 11) is 0. The number of nitrogens with zero attached hydrogens (tertiary/aromatic N) is 1. The molecule has 3 atom stereocenters. The molecule has 0 aliphatic heterocycles. The fourth-order valence-corrected chi connectivity index (χ4v) is 2.56. The molecule has 12 nitrogen and oxygen atoms in total. The van der Waals surface area contributed by atoms with Crippen molar-refractivity contribution in [1.29, 1.82) is 0 Å². The van der Waals surface area contributed by atoms with E-state index in [1.807, 2.05) is 0 Å². The lowest BCUT2D eigenvalue weighted by molar-refractivity contribution is -0.142. The van der Waals surface area contributed by atoms with Gasteiger partial charge in [0.2, 0.25) is 17.7 Å². The van der Waals surface area contributed by atoms with Gasteiger partial charge in [0, 0.05) is 24.7 Å². The van der Waals surface area contributed by atoms with Crippen LogP contribution in [0.15, 0.2) is 12.5 Å². The summed E-state index contributed by atoms with van der Waals surface area (Å²) >= 11 is 0. The minimum absolute atomic E-state index is 0.0242. The number of nitrogens with one attached hydrogen (secondary N) is 3.